The number of fused-ring (bicyclic) bond motifs is 1. The van der Waals surface area contributed by atoms with Crippen molar-refractivity contribution in [2.75, 3.05) is 6.61 Å². The van der Waals surface area contributed by atoms with Crippen LogP contribution >= 0.6 is 0 Å². The van der Waals surface area contributed by atoms with E-state index < -0.39 is 12.0 Å². The summed E-state index contributed by atoms with van der Waals surface area (Å²) < 4.78 is 18.5. The summed E-state index contributed by atoms with van der Waals surface area (Å²) in [7, 11) is 0. The van der Waals surface area contributed by atoms with Gasteiger partial charge in [-0.05, 0) is 60.9 Å². The van der Waals surface area contributed by atoms with E-state index in [9.17, 15) is 14.0 Å². The van der Waals surface area contributed by atoms with Crippen molar-refractivity contribution in [3.63, 3.8) is 0 Å². The number of hydrogen-bond donors (Lipinski definition) is 2. The van der Waals surface area contributed by atoms with Gasteiger partial charge in [0.15, 0.2) is 0 Å². The van der Waals surface area contributed by atoms with Gasteiger partial charge in [-0.25, -0.2) is 9.18 Å². The molecule has 1 saturated carbocycles. The molecule has 0 heterocycles. The Morgan fingerprint density at radius 3 is 2.55 bits per heavy atom. The molecule has 2 aliphatic carbocycles. The third-order valence-corrected chi connectivity index (χ3v) is 5.74. The van der Waals surface area contributed by atoms with Crippen LogP contribution in [0.3, 0.4) is 0 Å². The van der Waals surface area contributed by atoms with E-state index >= 15 is 0 Å². The normalized spacial score (nSPS) is 21.2. The Kier molecular flexibility index (Phi) is 5.51. The Morgan fingerprint density at radius 2 is 1.83 bits per heavy atom. The summed E-state index contributed by atoms with van der Waals surface area (Å²) in [6, 6.07) is 13.2. The van der Waals surface area contributed by atoms with Gasteiger partial charge in [-0.15, -0.1) is 0 Å². The number of alkyl carbamates (subject to hydrolysis) is 1. The maximum atomic E-state index is 13.2. The highest BCUT2D eigenvalue weighted by atomic mass is 19.1. The average Bonchev–Trinajstić information content (AvgIpc) is 3.49. The zero-order valence-corrected chi connectivity index (χ0v) is 16.4. The number of carbonyl (C=O) groups is 2. The van der Waals surface area contributed by atoms with Crippen LogP contribution < -0.4 is 10.6 Å². The number of hydrogen-bond acceptors (Lipinski definition) is 3. The van der Waals surface area contributed by atoms with Gasteiger partial charge in [-0.3, -0.25) is 4.79 Å². The summed E-state index contributed by atoms with van der Waals surface area (Å²) in [5.41, 5.74) is 2.84. The molecule has 1 unspecified atom stereocenters. The minimum atomic E-state index is -0.454. The Bertz CT molecular complexity index is 895. The van der Waals surface area contributed by atoms with E-state index in [1.165, 1.54) is 12.1 Å². The van der Waals surface area contributed by atoms with Crippen LogP contribution in [0.1, 0.15) is 48.4 Å². The molecule has 0 aromatic heterocycles. The summed E-state index contributed by atoms with van der Waals surface area (Å²) in [6.07, 6.45) is 2.40. The van der Waals surface area contributed by atoms with Gasteiger partial charge < -0.3 is 15.4 Å². The van der Waals surface area contributed by atoms with Gasteiger partial charge in [0.05, 0.1) is 24.6 Å². The van der Waals surface area contributed by atoms with Crippen LogP contribution in [-0.2, 0) is 16.0 Å². The molecule has 0 radical (unpaired) electrons. The van der Waals surface area contributed by atoms with E-state index in [0.29, 0.717) is 18.9 Å². The number of ether oxygens (including phenoxy) is 1. The lowest BCUT2D eigenvalue weighted by Gasteiger charge is -2.24. The third kappa shape index (κ3) is 4.58. The van der Waals surface area contributed by atoms with Crippen molar-refractivity contribution in [2.24, 2.45) is 5.92 Å². The number of halogens is 1. The average molecular weight is 396 g/mol. The zero-order chi connectivity index (χ0) is 20.4. The Labute approximate surface area is 169 Å². The van der Waals surface area contributed by atoms with Gasteiger partial charge in [0, 0.05) is 0 Å². The highest BCUT2D eigenvalue weighted by Crippen LogP contribution is 2.33. The van der Waals surface area contributed by atoms with Crippen molar-refractivity contribution >= 4 is 12.0 Å². The highest BCUT2D eigenvalue weighted by Gasteiger charge is 2.36. The summed E-state index contributed by atoms with van der Waals surface area (Å²) >= 11 is 0. The van der Waals surface area contributed by atoms with Gasteiger partial charge in [0.1, 0.15) is 5.82 Å². The number of benzene rings is 2. The molecule has 6 heteroatoms. The molecule has 2 N–H and O–H groups in total. The van der Waals surface area contributed by atoms with Crippen LogP contribution in [0.15, 0.2) is 48.5 Å². The van der Waals surface area contributed by atoms with Gasteiger partial charge in [0.25, 0.3) is 0 Å². The molecule has 4 rings (SSSR count). The van der Waals surface area contributed by atoms with Crippen LogP contribution in [0.4, 0.5) is 9.18 Å². The SMILES string of the molecule is CC(C(=O)N[C@H]1Cc2ccccc2[C@@H]1NC(=O)OCC1CC1)c1ccc(F)cc1. The zero-order valence-electron chi connectivity index (χ0n) is 16.4. The standard InChI is InChI=1S/C23H25FN2O3/c1-14(16-8-10-18(24)11-9-16)22(27)25-20-12-17-4-2-3-5-19(17)21(20)26-23(28)29-13-15-6-7-15/h2-5,8-11,14-15,20-21H,6-7,12-13H2,1H3,(H,25,27)(H,26,28)/t14?,20-,21-/m0/s1. The molecule has 3 atom stereocenters. The lowest BCUT2D eigenvalue weighted by molar-refractivity contribution is -0.123. The molecule has 2 aromatic carbocycles. The highest BCUT2D eigenvalue weighted by molar-refractivity contribution is 5.83. The monoisotopic (exact) mass is 396 g/mol. The van der Waals surface area contributed by atoms with Gasteiger partial charge in [0.2, 0.25) is 5.91 Å². The summed E-state index contributed by atoms with van der Waals surface area (Å²) in [5, 5.41) is 6.00. The van der Waals surface area contributed by atoms with Crippen LogP contribution in [0.5, 0.6) is 0 Å². The minimum absolute atomic E-state index is 0.160. The summed E-state index contributed by atoms with van der Waals surface area (Å²) in [4.78, 5) is 25.1. The molecule has 2 aromatic rings. The first-order chi connectivity index (χ1) is 14.0. The number of carbonyl (C=O) groups excluding carboxylic acids is 2. The number of nitrogens with one attached hydrogen (secondary N) is 2. The smallest absolute Gasteiger partial charge is 0.407 e. The van der Waals surface area contributed by atoms with E-state index in [4.69, 9.17) is 4.74 Å². The van der Waals surface area contributed by atoms with Crippen molar-refractivity contribution in [1.29, 1.82) is 0 Å². The van der Waals surface area contributed by atoms with Gasteiger partial charge in [-0.1, -0.05) is 36.4 Å². The van der Waals surface area contributed by atoms with Gasteiger partial charge >= 0.3 is 6.09 Å². The lowest BCUT2D eigenvalue weighted by Crippen LogP contribution is -2.45. The molecule has 0 aliphatic heterocycles. The lowest BCUT2D eigenvalue weighted by atomic mass is 9.99. The van der Waals surface area contributed by atoms with Crippen molar-refractivity contribution in [3.05, 3.63) is 71.0 Å². The van der Waals surface area contributed by atoms with E-state index in [1.54, 1.807) is 19.1 Å². The number of rotatable bonds is 6. The topological polar surface area (TPSA) is 67.4 Å². The molecule has 0 saturated heterocycles. The van der Waals surface area contributed by atoms with Crippen molar-refractivity contribution < 1.29 is 18.7 Å². The third-order valence-electron chi connectivity index (χ3n) is 5.74. The van der Waals surface area contributed by atoms with Crippen molar-refractivity contribution in [2.45, 2.75) is 44.2 Å². The molecule has 0 bridgehead atoms. The molecule has 152 valence electrons. The van der Waals surface area contributed by atoms with Crippen LogP contribution in [0.2, 0.25) is 0 Å². The van der Waals surface area contributed by atoms with Gasteiger partial charge in [-0.2, -0.15) is 0 Å². The molecular weight excluding hydrogens is 371 g/mol. The van der Waals surface area contributed by atoms with E-state index in [-0.39, 0.29) is 23.8 Å². The predicted octanol–water partition coefficient (Wildman–Crippen LogP) is 3.85. The fourth-order valence-corrected chi connectivity index (χ4v) is 3.76. The second kappa shape index (κ2) is 8.23. The predicted molar refractivity (Wildman–Crippen MR) is 107 cm³/mol. The van der Waals surface area contributed by atoms with E-state index in [2.05, 4.69) is 10.6 Å². The quantitative estimate of drug-likeness (QED) is 0.779. The molecule has 0 spiro atoms. The largest absolute Gasteiger partial charge is 0.449 e. The Balaban J connectivity index is 1.44. The molecule has 5 nitrogen and oxygen atoms in total. The first-order valence-electron chi connectivity index (χ1n) is 10.1. The second-order valence-electron chi connectivity index (χ2n) is 7.96. The van der Waals surface area contributed by atoms with E-state index in [1.807, 2.05) is 24.3 Å². The fraction of sp³-hybridized carbons (Fsp3) is 0.391. The Hall–Kier alpha value is -2.89. The minimum Gasteiger partial charge on any atom is -0.449 e. The molecule has 2 aliphatic rings. The van der Waals surface area contributed by atoms with E-state index in [0.717, 1.165) is 29.5 Å². The number of amides is 2. The molecular formula is C23H25FN2O3. The maximum absolute atomic E-state index is 13.2. The van der Waals surface area contributed by atoms with Crippen molar-refractivity contribution in [1.82, 2.24) is 10.6 Å². The van der Waals surface area contributed by atoms with Crippen LogP contribution in [-0.4, -0.2) is 24.6 Å². The van der Waals surface area contributed by atoms with Crippen LogP contribution in [0.25, 0.3) is 0 Å². The molecule has 29 heavy (non-hydrogen) atoms. The van der Waals surface area contributed by atoms with Crippen molar-refractivity contribution in [3.8, 4) is 0 Å². The molecule has 2 amide bonds. The second-order valence-corrected chi connectivity index (χ2v) is 7.96. The summed E-state index contributed by atoms with van der Waals surface area (Å²) in [6.45, 7) is 2.23. The Morgan fingerprint density at radius 1 is 1.10 bits per heavy atom. The maximum Gasteiger partial charge on any atom is 0.407 e. The van der Waals surface area contributed by atoms with Crippen LogP contribution in [0, 0.1) is 11.7 Å². The summed E-state index contributed by atoms with van der Waals surface area (Å²) in [5.74, 6) is -0.431. The fourth-order valence-electron chi connectivity index (χ4n) is 3.76. The first-order valence-corrected chi connectivity index (χ1v) is 10.1. The first kappa shape index (κ1) is 19.4. The molecule has 1 fully saturated rings.